The largest absolute Gasteiger partial charge is 0.308 e. The van der Waals surface area contributed by atoms with Gasteiger partial charge in [0.1, 0.15) is 12.1 Å². The summed E-state index contributed by atoms with van der Waals surface area (Å²) in [6, 6.07) is 32.2. The second-order valence-electron chi connectivity index (χ2n) is 14.2. The summed E-state index contributed by atoms with van der Waals surface area (Å²) in [5.41, 5.74) is 11.6. The van der Waals surface area contributed by atoms with E-state index in [1.54, 1.807) is 12.1 Å². The van der Waals surface area contributed by atoms with Gasteiger partial charge in [0.25, 0.3) is 0 Å². The Kier molecular flexibility index (Phi) is 5.95. The number of hydrogen-bond acceptors (Lipinski definition) is 6. The Morgan fingerprint density at radius 2 is 1.11 bits per heavy atom. The van der Waals surface area contributed by atoms with Gasteiger partial charge in [-0.2, -0.15) is 10.5 Å². The Morgan fingerprint density at radius 3 is 1.61 bits per heavy atom. The third kappa shape index (κ3) is 4.14. The molecule has 0 N–H and O–H groups in total. The Labute approximate surface area is 273 Å². The number of fused-ring (bicyclic) bond motifs is 6. The van der Waals surface area contributed by atoms with Crippen LogP contribution in [0.2, 0.25) is 0 Å². The van der Waals surface area contributed by atoms with Crippen LogP contribution in [0.5, 0.6) is 0 Å². The van der Waals surface area contributed by atoms with Crippen LogP contribution in [-0.2, 0) is 10.8 Å². The first-order valence-electron chi connectivity index (χ1n) is 15.5. The molecule has 6 heteroatoms. The molecule has 0 saturated heterocycles. The monoisotopic (exact) mass is 613 g/mol. The van der Waals surface area contributed by atoms with Crippen LogP contribution in [0.15, 0.2) is 88.7 Å². The Balaban J connectivity index is 1.37. The zero-order valence-corrected chi connectivity index (χ0v) is 27.5. The van der Waals surface area contributed by atoms with E-state index >= 15 is 0 Å². The lowest BCUT2D eigenvalue weighted by Gasteiger charge is -2.35. The standard InChI is InChI=1S/C40H31N5S/c1-39(2,3)24-10-13-32-34(18-24)46-35-19-25(40(4,5)6)11-14-33(35)45(32)31-15-12-28-36-26(31)8-7-9-27(36)37-38(28)44-30-17-23(21-42)22(20-41)16-29(30)43-37/h7-19H,1-6H3. The van der Waals surface area contributed by atoms with Gasteiger partial charge in [-0.15, -0.1) is 0 Å². The van der Waals surface area contributed by atoms with Crippen molar-refractivity contribution in [2.24, 2.45) is 0 Å². The normalized spacial score (nSPS) is 13.3. The van der Waals surface area contributed by atoms with Crippen LogP contribution in [0.4, 0.5) is 17.1 Å². The predicted octanol–water partition coefficient (Wildman–Crippen LogP) is 10.7. The Hall–Kier alpha value is -5.17. The van der Waals surface area contributed by atoms with Crippen molar-refractivity contribution in [3.63, 3.8) is 0 Å². The van der Waals surface area contributed by atoms with Crippen LogP contribution < -0.4 is 4.90 Å². The van der Waals surface area contributed by atoms with Crippen LogP contribution >= 0.6 is 11.8 Å². The molecule has 0 fully saturated rings. The van der Waals surface area contributed by atoms with Crippen molar-refractivity contribution >= 4 is 50.6 Å². The third-order valence-electron chi connectivity index (χ3n) is 9.17. The van der Waals surface area contributed by atoms with Gasteiger partial charge in [0.05, 0.1) is 50.6 Å². The van der Waals surface area contributed by atoms with Crippen molar-refractivity contribution < 1.29 is 0 Å². The van der Waals surface area contributed by atoms with Crippen molar-refractivity contribution in [3.8, 4) is 34.7 Å². The highest BCUT2D eigenvalue weighted by Gasteiger charge is 2.32. The number of rotatable bonds is 1. The van der Waals surface area contributed by atoms with E-state index in [-0.39, 0.29) is 10.8 Å². The molecule has 46 heavy (non-hydrogen) atoms. The smallest absolute Gasteiger partial charge is 0.101 e. The number of benzene rings is 5. The topological polar surface area (TPSA) is 76.6 Å². The highest BCUT2D eigenvalue weighted by molar-refractivity contribution is 7.99. The van der Waals surface area contributed by atoms with E-state index in [2.05, 4.69) is 125 Å². The molecular formula is C40H31N5S. The first-order chi connectivity index (χ1) is 22.0. The molecule has 0 saturated carbocycles. The van der Waals surface area contributed by atoms with Gasteiger partial charge in [0, 0.05) is 31.7 Å². The fourth-order valence-electron chi connectivity index (χ4n) is 6.65. The molecule has 0 bridgehead atoms. The summed E-state index contributed by atoms with van der Waals surface area (Å²) >= 11 is 1.85. The van der Waals surface area contributed by atoms with Gasteiger partial charge >= 0.3 is 0 Å². The lowest BCUT2D eigenvalue weighted by atomic mass is 9.86. The third-order valence-corrected chi connectivity index (χ3v) is 10.3. The van der Waals surface area contributed by atoms with Crippen molar-refractivity contribution in [1.82, 2.24) is 9.97 Å². The zero-order chi connectivity index (χ0) is 32.1. The first-order valence-corrected chi connectivity index (χ1v) is 16.3. The summed E-state index contributed by atoms with van der Waals surface area (Å²) in [5.74, 6) is 0. The number of anilines is 3. The number of nitrogens with zero attached hydrogens (tertiary/aromatic N) is 5. The maximum atomic E-state index is 9.62. The van der Waals surface area contributed by atoms with Crippen LogP contribution in [0.1, 0.15) is 63.8 Å². The average molecular weight is 614 g/mol. The van der Waals surface area contributed by atoms with Crippen molar-refractivity contribution in [1.29, 1.82) is 10.5 Å². The van der Waals surface area contributed by atoms with E-state index in [1.807, 2.05) is 11.8 Å². The molecular weight excluding hydrogens is 583 g/mol. The van der Waals surface area contributed by atoms with E-state index in [1.165, 1.54) is 32.3 Å². The first kappa shape index (κ1) is 28.3. The molecule has 1 aliphatic carbocycles. The highest BCUT2D eigenvalue weighted by atomic mass is 32.2. The lowest BCUT2D eigenvalue weighted by molar-refractivity contribution is 0.588. The molecule has 2 heterocycles. The summed E-state index contributed by atoms with van der Waals surface area (Å²) in [5, 5.41) is 21.5. The number of hydrogen-bond donors (Lipinski definition) is 0. The minimum Gasteiger partial charge on any atom is -0.308 e. The minimum absolute atomic E-state index is 0.0350. The van der Waals surface area contributed by atoms with Gasteiger partial charge in [-0.1, -0.05) is 83.6 Å². The molecule has 0 unspecified atom stereocenters. The fourth-order valence-corrected chi connectivity index (χ4v) is 7.78. The molecule has 0 radical (unpaired) electrons. The summed E-state index contributed by atoms with van der Waals surface area (Å²) in [6.07, 6.45) is 0. The summed E-state index contributed by atoms with van der Waals surface area (Å²) < 4.78 is 0. The van der Waals surface area contributed by atoms with Gasteiger partial charge in [-0.3, -0.25) is 0 Å². The molecule has 0 atom stereocenters. The molecule has 0 amide bonds. The molecule has 1 aromatic heterocycles. The molecule has 2 aliphatic rings. The Morgan fingerprint density at radius 1 is 0.609 bits per heavy atom. The SMILES string of the molecule is CC(C)(C)c1ccc2c(c1)Sc1cc(C(C)(C)C)ccc1N2c1ccc2c3c(cccc13)-c1nc3cc(C#N)c(C#N)cc3nc1-2. The summed E-state index contributed by atoms with van der Waals surface area (Å²) in [6.45, 7) is 13.6. The van der Waals surface area contributed by atoms with Gasteiger partial charge in [0.2, 0.25) is 0 Å². The number of nitriles is 2. The second kappa shape index (κ2) is 9.66. The molecule has 0 spiro atoms. The van der Waals surface area contributed by atoms with Crippen LogP contribution in [0.3, 0.4) is 0 Å². The molecule has 8 rings (SSSR count). The Bertz CT molecular complexity index is 2270. The summed E-state index contributed by atoms with van der Waals surface area (Å²) in [4.78, 5) is 14.9. The summed E-state index contributed by atoms with van der Waals surface area (Å²) in [7, 11) is 0. The van der Waals surface area contributed by atoms with Crippen LogP contribution in [0.25, 0.3) is 44.3 Å². The highest BCUT2D eigenvalue weighted by Crippen LogP contribution is 2.56. The van der Waals surface area contributed by atoms with E-state index in [0.717, 1.165) is 39.0 Å². The minimum atomic E-state index is 0.0350. The van der Waals surface area contributed by atoms with Crippen molar-refractivity contribution in [2.75, 3.05) is 4.90 Å². The maximum absolute atomic E-state index is 9.62. The van der Waals surface area contributed by atoms with Crippen LogP contribution in [-0.4, -0.2) is 9.97 Å². The molecule has 5 nitrogen and oxygen atoms in total. The van der Waals surface area contributed by atoms with Gasteiger partial charge in [-0.05, 0) is 70.5 Å². The quantitative estimate of drug-likeness (QED) is 0.183. The van der Waals surface area contributed by atoms with Gasteiger partial charge in [0.15, 0.2) is 0 Å². The van der Waals surface area contributed by atoms with Gasteiger partial charge in [-0.25, -0.2) is 9.97 Å². The van der Waals surface area contributed by atoms with E-state index in [4.69, 9.17) is 9.97 Å². The zero-order valence-electron chi connectivity index (χ0n) is 26.6. The molecule has 5 aromatic carbocycles. The average Bonchev–Trinajstić information content (AvgIpc) is 3.34. The second-order valence-corrected chi connectivity index (χ2v) is 15.3. The fraction of sp³-hybridized carbons (Fsp3) is 0.200. The number of aromatic nitrogens is 2. The molecule has 1 aliphatic heterocycles. The van der Waals surface area contributed by atoms with E-state index in [9.17, 15) is 10.5 Å². The van der Waals surface area contributed by atoms with Crippen molar-refractivity contribution in [3.05, 3.63) is 101 Å². The maximum Gasteiger partial charge on any atom is 0.101 e. The van der Waals surface area contributed by atoms with Crippen LogP contribution in [0, 0.1) is 22.7 Å². The van der Waals surface area contributed by atoms with E-state index in [0.29, 0.717) is 22.2 Å². The predicted molar refractivity (Wildman–Crippen MR) is 187 cm³/mol. The van der Waals surface area contributed by atoms with E-state index < -0.39 is 0 Å². The molecule has 222 valence electrons. The van der Waals surface area contributed by atoms with Gasteiger partial charge < -0.3 is 4.90 Å². The molecule has 6 aromatic rings. The van der Waals surface area contributed by atoms with Crippen molar-refractivity contribution in [2.45, 2.75) is 62.2 Å². The lowest BCUT2D eigenvalue weighted by Crippen LogP contribution is -2.18.